The molecule has 0 unspecified atom stereocenters. The predicted molar refractivity (Wildman–Crippen MR) is 84.3 cm³/mol. The normalized spacial score (nSPS) is 13.5. The molecule has 0 aliphatic carbocycles. The first-order valence-corrected chi connectivity index (χ1v) is 6.99. The molecule has 0 radical (unpaired) electrons. The lowest BCUT2D eigenvalue weighted by Crippen LogP contribution is -2.13. The van der Waals surface area contributed by atoms with Gasteiger partial charge >= 0.3 is 0 Å². The minimum absolute atomic E-state index is 0.0827. The number of halogens is 1. The van der Waals surface area contributed by atoms with E-state index in [2.05, 4.69) is 10.3 Å². The molecule has 1 aliphatic rings. The summed E-state index contributed by atoms with van der Waals surface area (Å²) in [5, 5.41) is 4.46. The molecule has 1 aliphatic heterocycles. The summed E-state index contributed by atoms with van der Waals surface area (Å²) in [4.78, 5) is 15.4. The van der Waals surface area contributed by atoms with Gasteiger partial charge in [-0.1, -0.05) is 17.7 Å². The predicted octanol–water partition coefficient (Wildman–Crippen LogP) is 3.31. The number of carbonyl (C=O) groups is 1. The summed E-state index contributed by atoms with van der Waals surface area (Å²) in [6.45, 7) is 0.480. The maximum absolute atomic E-state index is 12.1. The fourth-order valence-corrected chi connectivity index (χ4v) is 3.06. The van der Waals surface area contributed by atoms with Crippen molar-refractivity contribution in [3.63, 3.8) is 0 Å². The van der Waals surface area contributed by atoms with Gasteiger partial charge in [-0.05, 0) is 30.3 Å². The molecular formula is C16H12ClN3O. The highest BCUT2D eigenvalue weighted by Crippen LogP contribution is 2.34. The maximum Gasteiger partial charge on any atom is 0.252 e. The molecular weight excluding hydrogens is 286 g/mol. The standard InChI is InChI=1S/C16H12ClN3O/c17-12-3-2-10(15-11(12)7-19-16(15)21)14-6-8-5-9(18)1-4-13(8)20-14/h1-6,20H,7,18H2,(H,19,21). The fraction of sp³-hybridized carbons (Fsp3) is 0.0625. The number of hydrogen-bond acceptors (Lipinski definition) is 2. The molecule has 0 atom stereocenters. The molecule has 0 spiro atoms. The van der Waals surface area contributed by atoms with Gasteiger partial charge in [-0.25, -0.2) is 0 Å². The molecule has 2 aromatic carbocycles. The van der Waals surface area contributed by atoms with Crippen LogP contribution in [0.4, 0.5) is 5.69 Å². The minimum atomic E-state index is -0.0827. The number of fused-ring (bicyclic) bond motifs is 2. The van der Waals surface area contributed by atoms with Gasteiger partial charge in [0.15, 0.2) is 0 Å². The van der Waals surface area contributed by atoms with Crippen LogP contribution in [0.25, 0.3) is 22.2 Å². The molecule has 4 rings (SSSR count). The number of nitrogens with two attached hydrogens (primary N) is 1. The molecule has 5 heteroatoms. The van der Waals surface area contributed by atoms with Crippen LogP contribution in [0.2, 0.25) is 5.02 Å². The number of benzene rings is 2. The Morgan fingerprint density at radius 1 is 1.14 bits per heavy atom. The summed E-state index contributed by atoms with van der Waals surface area (Å²) in [6, 6.07) is 11.4. The fourth-order valence-electron chi connectivity index (χ4n) is 2.83. The highest BCUT2D eigenvalue weighted by molar-refractivity contribution is 6.32. The third-order valence-electron chi connectivity index (χ3n) is 3.84. The Bertz CT molecular complexity index is 898. The summed E-state index contributed by atoms with van der Waals surface area (Å²) >= 11 is 6.17. The number of H-pyrrole nitrogens is 1. The van der Waals surface area contributed by atoms with E-state index in [4.69, 9.17) is 17.3 Å². The zero-order chi connectivity index (χ0) is 14.6. The summed E-state index contributed by atoms with van der Waals surface area (Å²) in [7, 11) is 0. The van der Waals surface area contributed by atoms with Crippen molar-refractivity contribution < 1.29 is 4.79 Å². The summed E-state index contributed by atoms with van der Waals surface area (Å²) in [5.41, 5.74) is 10.8. The topological polar surface area (TPSA) is 70.9 Å². The van der Waals surface area contributed by atoms with E-state index >= 15 is 0 Å². The van der Waals surface area contributed by atoms with Crippen LogP contribution < -0.4 is 11.1 Å². The smallest absolute Gasteiger partial charge is 0.252 e. The molecule has 0 saturated heterocycles. The first-order valence-electron chi connectivity index (χ1n) is 6.61. The highest BCUT2D eigenvalue weighted by atomic mass is 35.5. The van der Waals surface area contributed by atoms with Crippen LogP contribution >= 0.6 is 11.6 Å². The average molecular weight is 298 g/mol. The second kappa shape index (κ2) is 4.27. The number of anilines is 1. The second-order valence-corrected chi connectivity index (χ2v) is 5.57. The number of amides is 1. The Kier molecular flexibility index (Phi) is 2.50. The Hall–Kier alpha value is -2.46. The molecule has 104 valence electrons. The zero-order valence-corrected chi connectivity index (χ0v) is 11.8. The Morgan fingerprint density at radius 2 is 2.00 bits per heavy atom. The zero-order valence-electron chi connectivity index (χ0n) is 11.0. The Balaban J connectivity index is 1.97. The molecule has 1 amide bonds. The van der Waals surface area contributed by atoms with Gasteiger partial charge in [0.25, 0.3) is 5.91 Å². The Labute approximate surface area is 125 Å². The van der Waals surface area contributed by atoms with Crippen LogP contribution in [0.3, 0.4) is 0 Å². The summed E-state index contributed by atoms with van der Waals surface area (Å²) in [6.07, 6.45) is 0. The van der Waals surface area contributed by atoms with Gasteiger partial charge in [-0.2, -0.15) is 0 Å². The van der Waals surface area contributed by atoms with Crippen molar-refractivity contribution in [2.75, 3.05) is 5.73 Å². The number of nitrogen functional groups attached to an aromatic ring is 1. The van der Waals surface area contributed by atoms with Gasteiger partial charge in [0, 0.05) is 45.0 Å². The van der Waals surface area contributed by atoms with E-state index in [1.165, 1.54) is 0 Å². The van der Waals surface area contributed by atoms with Crippen LogP contribution in [0, 0.1) is 0 Å². The molecule has 4 nitrogen and oxygen atoms in total. The third-order valence-corrected chi connectivity index (χ3v) is 4.20. The second-order valence-electron chi connectivity index (χ2n) is 5.16. The van der Waals surface area contributed by atoms with Crippen molar-refractivity contribution in [3.05, 3.63) is 52.5 Å². The van der Waals surface area contributed by atoms with E-state index in [0.717, 1.165) is 27.7 Å². The van der Waals surface area contributed by atoms with Crippen LogP contribution in [0.15, 0.2) is 36.4 Å². The molecule has 21 heavy (non-hydrogen) atoms. The van der Waals surface area contributed by atoms with Gasteiger partial charge < -0.3 is 16.0 Å². The van der Waals surface area contributed by atoms with Crippen molar-refractivity contribution in [2.24, 2.45) is 0 Å². The van der Waals surface area contributed by atoms with E-state index in [0.29, 0.717) is 22.8 Å². The quantitative estimate of drug-likeness (QED) is 0.603. The van der Waals surface area contributed by atoms with E-state index in [1.807, 2.05) is 36.4 Å². The largest absolute Gasteiger partial charge is 0.399 e. The molecule has 4 N–H and O–H groups in total. The number of aromatic nitrogens is 1. The molecule has 1 aromatic heterocycles. The first kappa shape index (κ1) is 12.3. The van der Waals surface area contributed by atoms with Gasteiger partial charge in [0.05, 0.1) is 5.56 Å². The average Bonchev–Trinajstić information content (AvgIpc) is 3.04. The SMILES string of the molecule is Nc1ccc2[nH]c(-c3ccc(Cl)c4c3C(=O)NC4)cc2c1. The van der Waals surface area contributed by atoms with E-state index in [9.17, 15) is 4.79 Å². The van der Waals surface area contributed by atoms with Gasteiger partial charge in [0.1, 0.15) is 0 Å². The van der Waals surface area contributed by atoms with E-state index < -0.39 is 0 Å². The third kappa shape index (κ3) is 1.80. The van der Waals surface area contributed by atoms with Crippen LogP contribution in [-0.2, 0) is 6.54 Å². The van der Waals surface area contributed by atoms with Crippen molar-refractivity contribution >= 4 is 34.1 Å². The molecule has 2 heterocycles. The molecule has 3 aromatic rings. The van der Waals surface area contributed by atoms with Gasteiger partial charge in [-0.3, -0.25) is 4.79 Å². The minimum Gasteiger partial charge on any atom is -0.399 e. The lowest BCUT2D eigenvalue weighted by molar-refractivity contribution is 0.0966. The molecule has 0 fully saturated rings. The monoisotopic (exact) mass is 297 g/mol. The Morgan fingerprint density at radius 3 is 2.86 bits per heavy atom. The summed E-state index contributed by atoms with van der Waals surface area (Å²) in [5.74, 6) is -0.0827. The number of hydrogen-bond donors (Lipinski definition) is 3. The first-order chi connectivity index (χ1) is 10.1. The van der Waals surface area contributed by atoms with Gasteiger partial charge in [0.2, 0.25) is 0 Å². The number of rotatable bonds is 1. The molecule has 0 bridgehead atoms. The van der Waals surface area contributed by atoms with E-state index in [-0.39, 0.29) is 5.91 Å². The molecule has 0 saturated carbocycles. The number of carbonyl (C=O) groups excluding carboxylic acids is 1. The number of aromatic amines is 1. The maximum atomic E-state index is 12.1. The van der Waals surface area contributed by atoms with Crippen molar-refractivity contribution in [3.8, 4) is 11.3 Å². The van der Waals surface area contributed by atoms with Crippen LogP contribution in [0.1, 0.15) is 15.9 Å². The van der Waals surface area contributed by atoms with Gasteiger partial charge in [-0.15, -0.1) is 0 Å². The van der Waals surface area contributed by atoms with E-state index in [1.54, 1.807) is 0 Å². The van der Waals surface area contributed by atoms with Crippen LogP contribution in [0.5, 0.6) is 0 Å². The van der Waals surface area contributed by atoms with Crippen molar-refractivity contribution in [1.29, 1.82) is 0 Å². The highest BCUT2D eigenvalue weighted by Gasteiger charge is 2.26. The van der Waals surface area contributed by atoms with Crippen molar-refractivity contribution in [1.82, 2.24) is 10.3 Å². The summed E-state index contributed by atoms with van der Waals surface area (Å²) < 4.78 is 0. The van der Waals surface area contributed by atoms with Crippen molar-refractivity contribution in [2.45, 2.75) is 6.54 Å². The van der Waals surface area contributed by atoms with Crippen LogP contribution in [-0.4, -0.2) is 10.9 Å². The number of nitrogens with one attached hydrogen (secondary N) is 2. The lowest BCUT2D eigenvalue weighted by Gasteiger charge is -2.06. The lowest BCUT2D eigenvalue weighted by atomic mass is 10.0.